The Bertz CT molecular complexity index is 978. The van der Waals surface area contributed by atoms with Crippen molar-refractivity contribution >= 4 is 23.3 Å². The van der Waals surface area contributed by atoms with Crippen LogP contribution < -0.4 is 10.2 Å². The maximum atomic E-state index is 14.9. The van der Waals surface area contributed by atoms with Crippen LogP contribution >= 0.6 is 0 Å². The average molecular weight is 440 g/mol. The number of carbonyl (C=O) groups excluding carboxylic acids is 2. The lowest BCUT2D eigenvalue weighted by molar-refractivity contribution is -0.140. The molecule has 2 saturated heterocycles. The third-order valence-electron chi connectivity index (χ3n) is 6.27. The van der Waals surface area contributed by atoms with Gasteiger partial charge >= 0.3 is 0 Å². The quantitative estimate of drug-likeness (QED) is 0.790. The van der Waals surface area contributed by atoms with Crippen molar-refractivity contribution in [3.05, 3.63) is 47.9 Å². The molecule has 2 aromatic rings. The Kier molecular flexibility index (Phi) is 6.13. The number of nitrogens with one attached hydrogen (secondary N) is 1. The number of nitrogens with zero attached hydrogens (tertiary/aromatic N) is 4. The summed E-state index contributed by atoms with van der Waals surface area (Å²) in [4.78, 5) is 28.8. The molecule has 0 aliphatic carbocycles. The molecule has 1 aromatic heterocycles. The number of likely N-dealkylation sites (tertiary alicyclic amines) is 1. The number of amides is 2. The highest BCUT2D eigenvalue weighted by atomic mass is 19.1. The van der Waals surface area contributed by atoms with E-state index in [1.807, 2.05) is 42.7 Å². The average Bonchev–Trinajstić information content (AvgIpc) is 2.72. The van der Waals surface area contributed by atoms with Crippen molar-refractivity contribution in [3.63, 3.8) is 0 Å². The Balaban J connectivity index is 1.30. The van der Waals surface area contributed by atoms with Crippen molar-refractivity contribution < 1.29 is 14.0 Å². The third kappa shape index (κ3) is 4.74. The maximum Gasteiger partial charge on any atom is 0.231 e. The highest BCUT2D eigenvalue weighted by Crippen LogP contribution is 2.33. The molecule has 2 aliphatic heterocycles. The van der Waals surface area contributed by atoms with E-state index in [1.165, 1.54) is 6.07 Å². The van der Waals surface area contributed by atoms with Crippen LogP contribution in [-0.4, -0.2) is 53.1 Å². The predicted octanol–water partition coefficient (Wildman–Crippen LogP) is 3.44. The second-order valence-electron chi connectivity index (χ2n) is 9.73. The molecule has 3 heterocycles. The monoisotopic (exact) mass is 439 g/mol. The fourth-order valence-corrected chi connectivity index (χ4v) is 4.34. The SMILES string of the molecule is CC(C)(C)C(=O)N1CCC(c2ccc(NC(=O)C3CN(c4cccnn4)C3)cc2F)CC1. The van der Waals surface area contributed by atoms with E-state index in [9.17, 15) is 14.0 Å². The van der Waals surface area contributed by atoms with E-state index >= 15 is 0 Å². The van der Waals surface area contributed by atoms with E-state index in [-0.39, 0.29) is 29.5 Å². The molecule has 0 spiro atoms. The molecule has 2 aliphatic rings. The summed E-state index contributed by atoms with van der Waals surface area (Å²) in [7, 11) is 0. The van der Waals surface area contributed by atoms with Gasteiger partial charge in [0.25, 0.3) is 0 Å². The van der Waals surface area contributed by atoms with E-state index in [0.717, 1.165) is 18.7 Å². The molecular weight excluding hydrogens is 409 g/mol. The first-order valence-electron chi connectivity index (χ1n) is 11.1. The maximum absolute atomic E-state index is 14.9. The number of anilines is 2. The molecular formula is C24H30FN5O2. The van der Waals surface area contributed by atoms with Crippen LogP contribution in [0.2, 0.25) is 0 Å². The smallest absolute Gasteiger partial charge is 0.231 e. The number of aromatic nitrogens is 2. The van der Waals surface area contributed by atoms with Gasteiger partial charge in [0.15, 0.2) is 5.82 Å². The van der Waals surface area contributed by atoms with Crippen molar-refractivity contribution in [3.8, 4) is 0 Å². The molecule has 2 fully saturated rings. The molecule has 8 heteroatoms. The number of hydrogen-bond acceptors (Lipinski definition) is 5. The molecule has 0 bridgehead atoms. The largest absolute Gasteiger partial charge is 0.353 e. The van der Waals surface area contributed by atoms with Gasteiger partial charge in [-0.1, -0.05) is 26.8 Å². The standard InChI is InChI=1S/C24H30FN5O2/c1-24(2,3)23(32)29-11-8-16(9-12-29)19-7-6-18(13-20(19)25)27-22(31)17-14-30(15-17)21-5-4-10-26-28-21/h4-7,10,13,16-17H,8-9,11-12,14-15H2,1-3H3,(H,27,31). The Morgan fingerprint density at radius 2 is 1.84 bits per heavy atom. The lowest BCUT2D eigenvalue weighted by atomic mass is 9.87. The molecule has 0 unspecified atom stereocenters. The van der Waals surface area contributed by atoms with Crippen molar-refractivity contribution in [1.29, 1.82) is 0 Å². The Labute approximate surface area is 188 Å². The molecule has 2 amide bonds. The number of hydrogen-bond donors (Lipinski definition) is 1. The van der Waals surface area contributed by atoms with Crippen LogP contribution in [0.15, 0.2) is 36.5 Å². The summed E-state index contributed by atoms with van der Waals surface area (Å²) >= 11 is 0. The van der Waals surface area contributed by atoms with E-state index in [2.05, 4.69) is 15.5 Å². The zero-order chi connectivity index (χ0) is 22.9. The molecule has 4 rings (SSSR count). The number of carbonyl (C=O) groups is 2. The molecule has 0 atom stereocenters. The Morgan fingerprint density at radius 1 is 1.12 bits per heavy atom. The van der Waals surface area contributed by atoms with Gasteiger partial charge in [-0.2, -0.15) is 5.10 Å². The fraction of sp³-hybridized carbons (Fsp3) is 0.500. The van der Waals surface area contributed by atoms with Gasteiger partial charge in [0, 0.05) is 43.5 Å². The zero-order valence-electron chi connectivity index (χ0n) is 18.8. The fourth-order valence-electron chi connectivity index (χ4n) is 4.34. The van der Waals surface area contributed by atoms with Gasteiger partial charge in [-0.15, -0.1) is 5.10 Å². The summed E-state index contributed by atoms with van der Waals surface area (Å²) in [6.07, 6.45) is 3.09. The second-order valence-corrected chi connectivity index (χ2v) is 9.73. The first kappa shape index (κ1) is 22.2. The first-order valence-corrected chi connectivity index (χ1v) is 11.1. The van der Waals surface area contributed by atoms with Gasteiger partial charge in [-0.3, -0.25) is 9.59 Å². The summed E-state index contributed by atoms with van der Waals surface area (Å²) in [6.45, 7) is 8.18. The van der Waals surface area contributed by atoms with Gasteiger partial charge in [-0.25, -0.2) is 4.39 Å². The van der Waals surface area contributed by atoms with Crippen LogP contribution in [-0.2, 0) is 9.59 Å². The summed E-state index contributed by atoms with van der Waals surface area (Å²) in [6, 6.07) is 8.61. The van der Waals surface area contributed by atoms with Crippen molar-refractivity contribution in [2.24, 2.45) is 11.3 Å². The van der Waals surface area contributed by atoms with Crippen LogP contribution in [0.1, 0.15) is 45.1 Å². The lowest BCUT2D eigenvalue weighted by Gasteiger charge is -2.38. The summed E-state index contributed by atoms with van der Waals surface area (Å²) in [5.74, 6) is 0.385. The topological polar surface area (TPSA) is 78.4 Å². The third-order valence-corrected chi connectivity index (χ3v) is 6.27. The second kappa shape index (κ2) is 8.84. The van der Waals surface area contributed by atoms with Gasteiger partial charge < -0.3 is 15.1 Å². The van der Waals surface area contributed by atoms with Crippen LogP contribution in [0, 0.1) is 17.2 Å². The first-order chi connectivity index (χ1) is 15.2. The van der Waals surface area contributed by atoms with Crippen LogP contribution in [0.4, 0.5) is 15.9 Å². The minimum Gasteiger partial charge on any atom is -0.353 e. The predicted molar refractivity (Wildman–Crippen MR) is 121 cm³/mol. The van der Waals surface area contributed by atoms with Gasteiger partial charge in [0.1, 0.15) is 5.82 Å². The van der Waals surface area contributed by atoms with Gasteiger partial charge in [0.05, 0.1) is 5.92 Å². The van der Waals surface area contributed by atoms with Gasteiger partial charge in [0.2, 0.25) is 11.8 Å². The lowest BCUT2D eigenvalue weighted by Crippen LogP contribution is -2.52. The molecule has 170 valence electrons. The molecule has 32 heavy (non-hydrogen) atoms. The number of piperidine rings is 1. The number of benzene rings is 1. The van der Waals surface area contributed by atoms with E-state index < -0.39 is 5.41 Å². The minimum absolute atomic E-state index is 0.0796. The molecule has 7 nitrogen and oxygen atoms in total. The highest BCUT2D eigenvalue weighted by Gasteiger charge is 2.34. The van der Waals surface area contributed by atoms with Crippen molar-refractivity contribution in [2.45, 2.75) is 39.5 Å². The normalized spacial score (nSPS) is 17.8. The van der Waals surface area contributed by atoms with Crippen LogP contribution in [0.5, 0.6) is 0 Å². The van der Waals surface area contributed by atoms with Gasteiger partial charge in [-0.05, 0) is 48.6 Å². The van der Waals surface area contributed by atoms with Crippen molar-refractivity contribution in [1.82, 2.24) is 15.1 Å². The zero-order valence-corrected chi connectivity index (χ0v) is 18.8. The summed E-state index contributed by atoms with van der Waals surface area (Å²) < 4.78 is 14.9. The number of rotatable bonds is 4. The molecule has 1 aromatic carbocycles. The Morgan fingerprint density at radius 3 is 2.44 bits per heavy atom. The summed E-state index contributed by atoms with van der Waals surface area (Å²) in [5.41, 5.74) is 0.724. The van der Waals surface area contributed by atoms with E-state index in [1.54, 1.807) is 18.3 Å². The van der Waals surface area contributed by atoms with E-state index in [4.69, 9.17) is 0 Å². The van der Waals surface area contributed by atoms with Crippen LogP contribution in [0.3, 0.4) is 0 Å². The van der Waals surface area contributed by atoms with Crippen LogP contribution in [0.25, 0.3) is 0 Å². The minimum atomic E-state index is -0.399. The molecule has 1 N–H and O–H groups in total. The number of halogens is 1. The van der Waals surface area contributed by atoms with Crippen molar-refractivity contribution in [2.75, 3.05) is 36.4 Å². The molecule has 0 radical (unpaired) electrons. The summed E-state index contributed by atoms with van der Waals surface area (Å²) in [5, 5.41) is 10.7. The Hall–Kier alpha value is -3.03. The highest BCUT2D eigenvalue weighted by molar-refractivity contribution is 5.94. The van der Waals surface area contributed by atoms with E-state index in [0.29, 0.717) is 37.4 Å². The molecule has 0 saturated carbocycles.